The fourth-order valence-corrected chi connectivity index (χ4v) is 2.68. The van der Waals surface area contributed by atoms with Crippen molar-refractivity contribution in [2.45, 2.75) is 20.4 Å². The van der Waals surface area contributed by atoms with Crippen molar-refractivity contribution in [1.29, 1.82) is 0 Å². The van der Waals surface area contributed by atoms with E-state index in [4.69, 9.17) is 4.74 Å². The van der Waals surface area contributed by atoms with Crippen LogP contribution in [0.4, 0.5) is 5.69 Å². The maximum atomic E-state index is 12.3. The zero-order valence-electron chi connectivity index (χ0n) is 13.6. The summed E-state index contributed by atoms with van der Waals surface area (Å²) in [7, 11) is 1.64. The molecule has 4 nitrogen and oxygen atoms in total. The smallest absolute Gasteiger partial charge is 0.253 e. The van der Waals surface area contributed by atoms with Crippen LogP contribution >= 0.6 is 0 Å². The third-order valence-electron chi connectivity index (χ3n) is 4.07. The molecule has 0 unspecified atom stereocenters. The molecule has 4 heteroatoms. The number of aromatic amines is 1. The molecular weight excluding hydrogens is 288 g/mol. The van der Waals surface area contributed by atoms with Crippen LogP contribution in [0.1, 0.15) is 16.7 Å². The van der Waals surface area contributed by atoms with Crippen LogP contribution in [-0.2, 0) is 6.54 Å². The number of rotatable bonds is 4. The Balaban J connectivity index is 1.92. The molecule has 0 saturated heterocycles. The van der Waals surface area contributed by atoms with E-state index in [-0.39, 0.29) is 5.56 Å². The van der Waals surface area contributed by atoms with Gasteiger partial charge in [-0.05, 0) is 43.2 Å². The predicted molar refractivity (Wildman–Crippen MR) is 94.4 cm³/mol. The van der Waals surface area contributed by atoms with E-state index in [1.807, 2.05) is 43.3 Å². The van der Waals surface area contributed by atoms with Crippen LogP contribution in [0.15, 0.2) is 47.3 Å². The Bertz CT molecular complexity index is 913. The summed E-state index contributed by atoms with van der Waals surface area (Å²) >= 11 is 0. The highest BCUT2D eigenvalue weighted by molar-refractivity contribution is 5.85. The summed E-state index contributed by atoms with van der Waals surface area (Å²) < 4.78 is 5.21. The van der Waals surface area contributed by atoms with Crippen LogP contribution in [0.2, 0.25) is 0 Å². The van der Waals surface area contributed by atoms with Crippen molar-refractivity contribution in [2.75, 3.05) is 12.4 Å². The Hall–Kier alpha value is -2.75. The van der Waals surface area contributed by atoms with Crippen molar-refractivity contribution in [3.63, 3.8) is 0 Å². The summed E-state index contributed by atoms with van der Waals surface area (Å²) in [5.41, 5.74) is 4.74. The number of methoxy groups -OCH3 is 1. The summed E-state index contributed by atoms with van der Waals surface area (Å²) in [5.74, 6) is 0.786. The van der Waals surface area contributed by atoms with Gasteiger partial charge in [-0.3, -0.25) is 4.79 Å². The third kappa shape index (κ3) is 3.06. The van der Waals surface area contributed by atoms with E-state index in [0.717, 1.165) is 33.5 Å². The summed E-state index contributed by atoms with van der Waals surface area (Å²) in [6, 6.07) is 13.7. The van der Waals surface area contributed by atoms with Gasteiger partial charge in [0.1, 0.15) is 5.75 Å². The lowest BCUT2D eigenvalue weighted by molar-refractivity contribution is 0.415. The van der Waals surface area contributed by atoms with Crippen LogP contribution in [0.5, 0.6) is 5.75 Å². The molecule has 2 N–H and O–H groups in total. The van der Waals surface area contributed by atoms with Gasteiger partial charge < -0.3 is 15.0 Å². The highest BCUT2D eigenvalue weighted by Gasteiger charge is 2.07. The number of benzene rings is 2. The maximum Gasteiger partial charge on any atom is 0.253 e. The molecule has 3 rings (SSSR count). The Morgan fingerprint density at radius 2 is 1.87 bits per heavy atom. The molecule has 23 heavy (non-hydrogen) atoms. The van der Waals surface area contributed by atoms with Gasteiger partial charge in [-0.25, -0.2) is 0 Å². The lowest BCUT2D eigenvalue weighted by atomic mass is 10.0. The van der Waals surface area contributed by atoms with E-state index in [1.54, 1.807) is 7.11 Å². The van der Waals surface area contributed by atoms with Crippen molar-refractivity contribution < 1.29 is 4.74 Å². The molecule has 1 heterocycles. The molecule has 1 aromatic heterocycles. The maximum absolute atomic E-state index is 12.3. The number of H-pyrrole nitrogens is 1. The van der Waals surface area contributed by atoms with Gasteiger partial charge in [0.2, 0.25) is 0 Å². The number of pyridine rings is 1. The van der Waals surface area contributed by atoms with Gasteiger partial charge in [0.25, 0.3) is 5.56 Å². The van der Waals surface area contributed by atoms with Crippen LogP contribution in [0, 0.1) is 13.8 Å². The lowest BCUT2D eigenvalue weighted by Gasteiger charge is -2.10. The molecule has 0 bridgehead atoms. The first-order valence-corrected chi connectivity index (χ1v) is 7.58. The van der Waals surface area contributed by atoms with Crippen LogP contribution in [0.25, 0.3) is 10.9 Å². The second kappa shape index (κ2) is 6.16. The second-order valence-corrected chi connectivity index (χ2v) is 5.70. The van der Waals surface area contributed by atoms with Gasteiger partial charge in [0, 0.05) is 29.2 Å². The van der Waals surface area contributed by atoms with Gasteiger partial charge >= 0.3 is 0 Å². The van der Waals surface area contributed by atoms with Gasteiger partial charge in [-0.1, -0.05) is 18.2 Å². The molecule has 118 valence electrons. The highest BCUT2D eigenvalue weighted by Crippen LogP contribution is 2.21. The summed E-state index contributed by atoms with van der Waals surface area (Å²) in [6.07, 6.45) is 0. The molecular formula is C19H20N2O2. The molecule has 0 spiro atoms. The normalized spacial score (nSPS) is 10.7. The SMILES string of the molecule is COc1cccc(NCc2cc3c(C)ccc(C)c3[nH]c2=O)c1. The van der Waals surface area contributed by atoms with Crippen LogP contribution in [-0.4, -0.2) is 12.1 Å². The minimum atomic E-state index is -0.0541. The molecule has 0 saturated carbocycles. The number of hydrogen-bond donors (Lipinski definition) is 2. The monoisotopic (exact) mass is 308 g/mol. The second-order valence-electron chi connectivity index (χ2n) is 5.70. The molecule has 0 amide bonds. The minimum Gasteiger partial charge on any atom is -0.497 e. The van der Waals surface area contributed by atoms with Gasteiger partial charge in [0.05, 0.1) is 12.6 Å². The standard InChI is InChI=1S/C19H20N2O2/c1-12-7-8-13(2)18-17(12)9-14(19(22)21-18)11-20-15-5-4-6-16(10-15)23-3/h4-10,20H,11H2,1-3H3,(H,21,22). The molecule has 0 aliphatic carbocycles. The van der Waals surface area contributed by atoms with Crippen molar-refractivity contribution >= 4 is 16.6 Å². The van der Waals surface area contributed by atoms with Crippen molar-refractivity contribution in [3.8, 4) is 5.75 Å². The van der Waals surface area contributed by atoms with Crippen LogP contribution in [0.3, 0.4) is 0 Å². The van der Waals surface area contributed by atoms with Crippen molar-refractivity contribution in [3.05, 3.63) is 69.5 Å². The van der Waals surface area contributed by atoms with E-state index in [2.05, 4.69) is 23.3 Å². The number of ether oxygens (including phenoxy) is 1. The summed E-state index contributed by atoms with van der Waals surface area (Å²) in [5, 5.41) is 4.37. The number of nitrogens with one attached hydrogen (secondary N) is 2. The van der Waals surface area contributed by atoms with Crippen LogP contribution < -0.4 is 15.6 Å². The first-order chi connectivity index (χ1) is 11.1. The van der Waals surface area contributed by atoms with E-state index in [1.165, 1.54) is 0 Å². The largest absolute Gasteiger partial charge is 0.497 e. The number of aromatic nitrogens is 1. The Morgan fingerprint density at radius 3 is 2.65 bits per heavy atom. The van der Waals surface area contributed by atoms with Crippen molar-refractivity contribution in [1.82, 2.24) is 4.98 Å². The Labute approximate surface area is 135 Å². The lowest BCUT2D eigenvalue weighted by Crippen LogP contribution is -2.16. The summed E-state index contributed by atoms with van der Waals surface area (Å²) in [6.45, 7) is 4.52. The molecule has 2 aromatic carbocycles. The average molecular weight is 308 g/mol. The van der Waals surface area contributed by atoms with Gasteiger partial charge in [-0.2, -0.15) is 0 Å². The first-order valence-electron chi connectivity index (χ1n) is 7.58. The number of hydrogen-bond acceptors (Lipinski definition) is 3. The fraction of sp³-hybridized carbons (Fsp3) is 0.211. The number of fused-ring (bicyclic) bond motifs is 1. The highest BCUT2D eigenvalue weighted by atomic mass is 16.5. The minimum absolute atomic E-state index is 0.0541. The summed E-state index contributed by atoms with van der Waals surface area (Å²) in [4.78, 5) is 15.3. The zero-order chi connectivity index (χ0) is 16.4. The number of anilines is 1. The topological polar surface area (TPSA) is 54.1 Å². The van der Waals surface area contributed by atoms with E-state index in [0.29, 0.717) is 12.1 Å². The predicted octanol–water partition coefficient (Wildman–Crippen LogP) is 3.77. The Morgan fingerprint density at radius 1 is 1.09 bits per heavy atom. The van der Waals surface area contributed by atoms with E-state index in [9.17, 15) is 4.79 Å². The number of aryl methyl sites for hydroxylation is 2. The molecule has 0 radical (unpaired) electrons. The van der Waals surface area contributed by atoms with Gasteiger partial charge in [0.15, 0.2) is 0 Å². The fourth-order valence-electron chi connectivity index (χ4n) is 2.68. The average Bonchev–Trinajstić information content (AvgIpc) is 2.57. The first kappa shape index (κ1) is 15.2. The molecule has 0 atom stereocenters. The molecule has 0 aliphatic rings. The van der Waals surface area contributed by atoms with E-state index >= 15 is 0 Å². The third-order valence-corrected chi connectivity index (χ3v) is 4.07. The van der Waals surface area contributed by atoms with Crippen molar-refractivity contribution in [2.24, 2.45) is 0 Å². The van der Waals surface area contributed by atoms with Gasteiger partial charge in [-0.15, -0.1) is 0 Å². The molecule has 3 aromatic rings. The Kier molecular flexibility index (Phi) is 4.06. The van der Waals surface area contributed by atoms with E-state index < -0.39 is 0 Å². The quantitative estimate of drug-likeness (QED) is 0.771. The molecule has 0 fully saturated rings. The molecule has 0 aliphatic heterocycles. The zero-order valence-corrected chi connectivity index (χ0v) is 13.6.